The molecule has 0 aromatic carbocycles. The Labute approximate surface area is 123 Å². The van der Waals surface area contributed by atoms with Crippen LogP contribution >= 0.6 is 0 Å². The van der Waals surface area contributed by atoms with E-state index in [0.29, 0.717) is 5.41 Å². The van der Waals surface area contributed by atoms with Gasteiger partial charge in [0.25, 0.3) is 0 Å². The third-order valence-electron chi connectivity index (χ3n) is 4.85. The number of nitrogens with zero attached hydrogens (tertiary/aromatic N) is 1. The van der Waals surface area contributed by atoms with Crippen molar-refractivity contribution in [2.75, 3.05) is 32.8 Å². The minimum Gasteiger partial charge on any atom is -0.363 e. The molecule has 20 heavy (non-hydrogen) atoms. The second-order valence-electron chi connectivity index (χ2n) is 7.72. The molecule has 1 N–H and O–H groups in total. The zero-order chi connectivity index (χ0) is 14.8. The highest BCUT2D eigenvalue weighted by molar-refractivity contribution is 5.77. The van der Waals surface area contributed by atoms with Crippen molar-refractivity contribution in [2.45, 2.75) is 52.6 Å². The predicted octanol–water partition coefficient (Wildman–Crippen LogP) is 2.04. The van der Waals surface area contributed by atoms with Crippen LogP contribution in [0, 0.1) is 11.3 Å². The minimum atomic E-state index is -0.130. The summed E-state index contributed by atoms with van der Waals surface area (Å²) in [6, 6.07) is 0. The lowest BCUT2D eigenvalue weighted by atomic mass is 9.77. The van der Waals surface area contributed by atoms with Crippen molar-refractivity contribution in [1.82, 2.24) is 10.2 Å². The van der Waals surface area contributed by atoms with Gasteiger partial charge in [-0.15, -0.1) is 0 Å². The van der Waals surface area contributed by atoms with E-state index in [2.05, 4.69) is 33.0 Å². The van der Waals surface area contributed by atoms with Crippen LogP contribution in [0.1, 0.15) is 47.0 Å². The molecule has 1 unspecified atom stereocenters. The maximum Gasteiger partial charge on any atom is 0.248 e. The maximum absolute atomic E-state index is 12.3. The number of hydrogen-bond donors (Lipinski definition) is 1. The molecule has 2 aliphatic heterocycles. The Morgan fingerprint density at radius 2 is 2.00 bits per heavy atom. The lowest BCUT2D eigenvalue weighted by Gasteiger charge is -2.39. The number of likely N-dealkylation sites (tertiary alicyclic amines) is 1. The first-order valence-electron chi connectivity index (χ1n) is 7.93. The standard InChI is InChI=1S/C16H30N2O2/c1-15(2,3)13-6-5-8-18(9-7-13)14(19)10-20-16(4)11-17-12-16/h13,17H,5-12H2,1-4H3. The molecular formula is C16H30N2O2. The molecule has 116 valence electrons. The maximum atomic E-state index is 12.3. The van der Waals surface area contributed by atoms with E-state index in [-0.39, 0.29) is 18.1 Å². The van der Waals surface area contributed by atoms with Gasteiger partial charge in [-0.2, -0.15) is 0 Å². The number of amides is 1. The quantitative estimate of drug-likeness (QED) is 0.861. The SMILES string of the molecule is CC1(OCC(=O)N2CCCC(C(C)(C)C)CC2)CNC1. The molecule has 0 bridgehead atoms. The Balaban J connectivity index is 1.79. The normalized spacial score (nSPS) is 26.8. The molecule has 0 aliphatic carbocycles. The fraction of sp³-hybridized carbons (Fsp3) is 0.938. The summed E-state index contributed by atoms with van der Waals surface area (Å²) in [5.41, 5.74) is 0.218. The van der Waals surface area contributed by atoms with Gasteiger partial charge in [0.2, 0.25) is 5.91 Å². The van der Waals surface area contributed by atoms with Crippen molar-refractivity contribution < 1.29 is 9.53 Å². The predicted molar refractivity (Wildman–Crippen MR) is 80.6 cm³/mol. The summed E-state index contributed by atoms with van der Waals surface area (Å²) < 4.78 is 5.76. The number of carbonyl (C=O) groups is 1. The van der Waals surface area contributed by atoms with Crippen LogP contribution in [0.15, 0.2) is 0 Å². The van der Waals surface area contributed by atoms with Gasteiger partial charge < -0.3 is 15.0 Å². The van der Waals surface area contributed by atoms with E-state index in [9.17, 15) is 4.79 Å². The van der Waals surface area contributed by atoms with Gasteiger partial charge in [-0.1, -0.05) is 20.8 Å². The molecule has 0 spiro atoms. The Kier molecular flexibility index (Phi) is 4.75. The highest BCUT2D eigenvalue weighted by Crippen LogP contribution is 2.34. The van der Waals surface area contributed by atoms with E-state index < -0.39 is 0 Å². The summed E-state index contributed by atoms with van der Waals surface area (Å²) in [5.74, 6) is 0.877. The van der Waals surface area contributed by atoms with Crippen molar-refractivity contribution in [1.29, 1.82) is 0 Å². The molecule has 2 saturated heterocycles. The van der Waals surface area contributed by atoms with E-state index in [0.717, 1.165) is 44.9 Å². The van der Waals surface area contributed by atoms with Gasteiger partial charge in [-0.3, -0.25) is 4.79 Å². The van der Waals surface area contributed by atoms with Gasteiger partial charge in [-0.05, 0) is 37.5 Å². The van der Waals surface area contributed by atoms with Crippen molar-refractivity contribution in [3.8, 4) is 0 Å². The van der Waals surface area contributed by atoms with Gasteiger partial charge in [-0.25, -0.2) is 0 Å². The topological polar surface area (TPSA) is 41.6 Å². The van der Waals surface area contributed by atoms with Gasteiger partial charge >= 0.3 is 0 Å². The molecule has 0 radical (unpaired) electrons. The van der Waals surface area contributed by atoms with Gasteiger partial charge in [0.1, 0.15) is 6.61 Å². The molecule has 0 aromatic rings. The number of carbonyl (C=O) groups excluding carboxylic acids is 1. The number of rotatable bonds is 3. The number of ether oxygens (including phenoxy) is 1. The van der Waals surface area contributed by atoms with Gasteiger partial charge in [0.05, 0.1) is 5.60 Å². The second kappa shape index (κ2) is 6.02. The largest absolute Gasteiger partial charge is 0.363 e. The summed E-state index contributed by atoms with van der Waals surface area (Å²) in [6.07, 6.45) is 3.47. The summed E-state index contributed by atoms with van der Waals surface area (Å²) in [5, 5.41) is 3.19. The van der Waals surface area contributed by atoms with E-state index in [1.165, 1.54) is 6.42 Å². The fourth-order valence-corrected chi connectivity index (χ4v) is 3.12. The molecule has 4 heteroatoms. The molecule has 0 saturated carbocycles. The lowest BCUT2D eigenvalue weighted by Crippen LogP contribution is -2.59. The third-order valence-corrected chi connectivity index (χ3v) is 4.85. The van der Waals surface area contributed by atoms with Crippen LogP contribution in [0.4, 0.5) is 0 Å². The molecule has 1 atom stereocenters. The van der Waals surface area contributed by atoms with E-state index >= 15 is 0 Å². The average Bonchev–Trinajstić information content (AvgIpc) is 2.58. The van der Waals surface area contributed by atoms with Crippen LogP contribution in [0.5, 0.6) is 0 Å². The first kappa shape index (κ1) is 15.8. The molecule has 0 aromatic heterocycles. The number of nitrogens with one attached hydrogen (secondary N) is 1. The Bertz CT molecular complexity index is 345. The zero-order valence-corrected chi connectivity index (χ0v) is 13.5. The molecule has 2 aliphatic rings. The van der Waals surface area contributed by atoms with Crippen LogP contribution in [0.25, 0.3) is 0 Å². The summed E-state index contributed by atoms with van der Waals surface area (Å²) >= 11 is 0. The lowest BCUT2D eigenvalue weighted by molar-refractivity contribution is -0.146. The zero-order valence-electron chi connectivity index (χ0n) is 13.5. The second-order valence-corrected chi connectivity index (χ2v) is 7.72. The molecule has 2 fully saturated rings. The molecule has 1 amide bonds. The van der Waals surface area contributed by atoms with Gasteiger partial charge in [0, 0.05) is 26.2 Å². The Morgan fingerprint density at radius 3 is 2.55 bits per heavy atom. The minimum absolute atomic E-state index is 0.130. The van der Waals surface area contributed by atoms with E-state index in [1.807, 2.05) is 4.90 Å². The van der Waals surface area contributed by atoms with E-state index in [4.69, 9.17) is 4.74 Å². The van der Waals surface area contributed by atoms with Crippen LogP contribution in [0.3, 0.4) is 0 Å². The van der Waals surface area contributed by atoms with Crippen molar-refractivity contribution in [3.63, 3.8) is 0 Å². The summed E-state index contributed by atoms with van der Waals surface area (Å²) in [6.45, 7) is 12.7. The van der Waals surface area contributed by atoms with Gasteiger partial charge in [0.15, 0.2) is 0 Å². The third kappa shape index (κ3) is 3.95. The number of hydrogen-bond acceptors (Lipinski definition) is 3. The Morgan fingerprint density at radius 1 is 1.30 bits per heavy atom. The first-order chi connectivity index (χ1) is 9.30. The molecular weight excluding hydrogens is 252 g/mol. The Hall–Kier alpha value is -0.610. The fourth-order valence-electron chi connectivity index (χ4n) is 3.12. The van der Waals surface area contributed by atoms with Crippen molar-refractivity contribution >= 4 is 5.91 Å². The van der Waals surface area contributed by atoms with Crippen LogP contribution in [-0.4, -0.2) is 49.2 Å². The summed E-state index contributed by atoms with van der Waals surface area (Å²) in [7, 11) is 0. The van der Waals surface area contributed by atoms with E-state index in [1.54, 1.807) is 0 Å². The summed E-state index contributed by atoms with van der Waals surface area (Å²) in [4.78, 5) is 14.3. The average molecular weight is 282 g/mol. The highest BCUT2D eigenvalue weighted by atomic mass is 16.5. The van der Waals surface area contributed by atoms with Crippen LogP contribution < -0.4 is 5.32 Å². The molecule has 2 heterocycles. The smallest absolute Gasteiger partial charge is 0.248 e. The van der Waals surface area contributed by atoms with Crippen LogP contribution in [0.2, 0.25) is 0 Å². The van der Waals surface area contributed by atoms with Crippen LogP contribution in [-0.2, 0) is 9.53 Å². The van der Waals surface area contributed by atoms with Crippen molar-refractivity contribution in [2.24, 2.45) is 11.3 Å². The monoisotopic (exact) mass is 282 g/mol. The highest BCUT2D eigenvalue weighted by Gasteiger charge is 2.34. The van der Waals surface area contributed by atoms with Crippen molar-refractivity contribution in [3.05, 3.63) is 0 Å². The molecule has 2 rings (SSSR count). The molecule has 4 nitrogen and oxygen atoms in total. The first-order valence-corrected chi connectivity index (χ1v) is 7.93.